The van der Waals surface area contributed by atoms with Crippen LogP contribution >= 0.6 is 11.8 Å². The normalized spacial score (nSPS) is 12.4. The van der Waals surface area contributed by atoms with E-state index in [2.05, 4.69) is 117 Å². The first-order chi connectivity index (χ1) is 16.6. The molecular weight excluding hydrogens is 430 g/mol. The first-order valence-electron chi connectivity index (χ1n) is 11.8. The summed E-state index contributed by atoms with van der Waals surface area (Å²) in [6.07, 6.45) is 2.24. The molecule has 1 aliphatic rings. The van der Waals surface area contributed by atoms with E-state index in [-0.39, 0.29) is 0 Å². The van der Waals surface area contributed by atoms with Gasteiger partial charge in [-0.05, 0) is 69.8 Å². The number of aryl methyl sites for hydroxylation is 3. The minimum absolute atomic E-state index is 1.26. The lowest BCUT2D eigenvalue weighted by atomic mass is 9.90. The van der Waals surface area contributed by atoms with Crippen LogP contribution in [-0.2, 0) is 7.05 Å². The summed E-state index contributed by atoms with van der Waals surface area (Å²) in [4.78, 5) is 2.75. The molecule has 0 saturated heterocycles. The van der Waals surface area contributed by atoms with E-state index in [9.17, 15) is 0 Å². The highest BCUT2D eigenvalue weighted by atomic mass is 32.2. The number of nitrogens with zero attached hydrogens (tertiary/aromatic N) is 1. The van der Waals surface area contributed by atoms with Crippen LogP contribution in [0.5, 0.6) is 0 Å². The molecule has 2 heterocycles. The zero-order valence-corrected chi connectivity index (χ0v) is 20.3. The Morgan fingerprint density at radius 3 is 2.18 bits per heavy atom. The predicted molar refractivity (Wildman–Crippen MR) is 145 cm³/mol. The van der Waals surface area contributed by atoms with Gasteiger partial charge in [0.25, 0.3) is 0 Å². The molecular formula is C32H24NS+. The molecule has 5 aromatic carbocycles. The van der Waals surface area contributed by atoms with Gasteiger partial charge in [-0.15, -0.1) is 0 Å². The lowest BCUT2D eigenvalue weighted by Crippen LogP contribution is -2.31. The summed E-state index contributed by atoms with van der Waals surface area (Å²) in [5.41, 5.74) is 7.99. The van der Waals surface area contributed by atoms with Gasteiger partial charge in [-0.1, -0.05) is 78.5 Å². The highest BCUT2D eigenvalue weighted by molar-refractivity contribution is 8.00. The van der Waals surface area contributed by atoms with Crippen LogP contribution in [0.15, 0.2) is 101 Å². The Kier molecular flexibility index (Phi) is 4.19. The molecule has 0 spiro atoms. The highest BCUT2D eigenvalue weighted by Crippen LogP contribution is 2.52. The van der Waals surface area contributed by atoms with Crippen molar-refractivity contribution in [1.29, 1.82) is 0 Å². The molecule has 1 nitrogen and oxygen atoms in total. The predicted octanol–water partition coefficient (Wildman–Crippen LogP) is 8.39. The molecule has 2 heteroatoms. The summed E-state index contributed by atoms with van der Waals surface area (Å²) in [5, 5.41) is 8.04. The van der Waals surface area contributed by atoms with Crippen molar-refractivity contribution in [3.8, 4) is 22.4 Å². The summed E-state index contributed by atoms with van der Waals surface area (Å²) < 4.78 is 2.32. The molecule has 6 aromatic rings. The van der Waals surface area contributed by atoms with E-state index >= 15 is 0 Å². The highest BCUT2D eigenvalue weighted by Gasteiger charge is 2.31. The zero-order chi connectivity index (χ0) is 23.0. The maximum Gasteiger partial charge on any atom is 0.222 e. The Hall–Kier alpha value is -3.62. The molecule has 1 aliphatic heterocycles. The average molecular weight is 455 g/mol. The molecule has 34 heavy (non-hydrogen) atoms. The van der Waals surface area contributed by atoms with Gasteiger partial charge >= 0.3 is 0 Å². The Morgan fingerprint density at radius 2 is 1.38 bits per heavy atom. The Bertz CT molecular complexity index is 1800. The topological polar surface area (TPSA) is 3.88 Å². The van der Waals surface area contributed by atoms with Crippen molar-refractivity contribution in [3.63, 3.8) is 0 Å². The summed E-state index contributed by atoms with van der Waals surface area (Å²) in [5.74, 6) is 0. The van der Waals surface area contributed by atoms with Gasteiger partial charge in [-0.2, -0.15) is 0 Å². The second-order valence-corrected chi connectivity index (χ2v) is 10.4. The molecule has 0 atom stereocenters. The lowest BCUT2D eigenvalue weighted by Gasteiger charge is -2.24. The van der Waals surface area contributed by atoms with Crippen LogP contribution in [0.4, 0.5) is 0 Å². The maximum absolute atomic E-state index is 2.40. The Labute approximate surface area is 203 Å². The quantitative estimate of drug-likeness (QED) is 0.178. The van der Waals surface area contributed by atoms with Crippen molar-refractivity contribution >= 4 is 44.1 Å². The maximum atomic E-state index is 2.40. The van der Waals surface area contributed by atoms with E-state index in [1.54, 1.807) is 0 Å². The van der Waals surface area contributed by atoms with E-state index in [4.69, 9.17) is 0 Å². The number of rotatable bonds is 1. The van der Waals surface area contributed by atoms with Crippen LogP contribution in [0.25, 0.3) is 54.7 Å². The fourth-order valence-electron chi connectivity index (χ4n) is 5.72. The van der Waals surface area contributed by atoms with Crippen LogP contribution in [0, 0.1) is 13.8 Å². The molecule has 0 radical (unpaired) electrons. The first-order valence-corrected chi connectivity index (χ1v) is 12.6. The Balaban J connectivity index is 1.61. The molecule has 7 rings (SSSR count). The Morgan fingerprint density at radius 1 is 0.647 bits per heavy atom. The van der Waals surface area contributed by atoms with Gasteiger partial charge < -0.3 is 0 Å². The zero-order valence-electron chi connectivity index (χ0n) is 19.5. The average Bonchev–Trinajstić information content (AvgIpc) is 2.88. The summed E-state index contributed by atoms with van der Waals surface area (Å²) in [6, 6.07) is 31.1. The van der Waals surface area contributed by atoms with Crippen LogP contribution in [0.1, 0.15) is 11.1 Å². The minimum atomic E-state index is 1.26. The molecule has 0 fully saturated rings. The van der Waals surface area contributed by atoms with Crippen molar-refractivity contribution in [2.24, 2.45) is 7.05 Å². The number of hydrogen-bond donors (Lipinski definition) is 0. The van der Waals surface area contributed by atoms with Gasteiger partial charge in [0, 0.05) is 21.2 Å². The summed E-state index contributed by atoms with van der Waals surface area (Å²) in [6.45, 7) is 4.57. The van der Waals surface area contributed by atoms with E-state index in [0.717, 1.165) is 0 Å². The molecule has 1 aromatic heterocycles. The van der Waals surface area contributed by atoms with Gasteiger partial charge in [0.05, 0.1) is 10.9 Å². The summed E-state index contributed by atoms with van der Waals surface area (Å²) in [7, 11) is 2.19. The third kappa shape index (κ3) is 2.66. The molecule has 0 bridgehead atoms. The van der Waals surface area contributed by atoms with E-state index in [0.29, 0.717) is 0 Å². The monoisotopic (exact) mass is 454 g/mol. The number of pyridine rings is 1. The number of benzene rings is 5. The van der Waals surface area contributed by atoms with Crippen LogP contribution in [-0.4, -0.2) is 0 Å². The standard InChI is InChI=1S/C32H24NS/c1-19-24-11-7-8-12-25(24)20(2)32-29(19)31-30-26(15-16-33(31)3)27-17-22(21-9-5-4-6-10-21)13-14-23(27)18-28(30)34-32/h4-18H,1-3H3/q+1. The van der Waals surface area contributed by atoms with Gasteiger partial charge in [-0.3, -0.25) is 0 Å². The molecule has 0 N–H and O–H groups in total. The minimum Gasteiger partial charge on any atom is -0.200 e. The van der Waals surface area contributed by atoms with Crippen LogP contribution in [0.3, 0.4) is 0 Å². The molecule has 0 saturated carbocycles. The first kappa shape index (κ1) is 19.8. The largest absolute Gasteiger partial charge is 0.222 e. The third-order valence-corrected chi connectivity index (χ3v) is 8.69. The van der Waals surface area contributed by atoms with Gasteiger partial charge in [0.2, 0.25) is 5.69 Å². The van der Waals surface area contributed by atoms with Crippen molar-refractivity contribution < 1.29 is 4.57 Å². The van der Waals surface area contributed by atoms with Gasteiger partial charge in [-0.25, -0.2) is 4.57 Å². The van der Waals surface area contributed by atoms with E-state index in [1.165, 1.54) is 75.6 Å². The third-order valence-electron chi connectivity index (χ3n) is 7.43. The fraction of sp³-hybridized carbons (Fsp3) is 0.0938. The van der Waals surface area contributed by atoms with Gasteiger partial charge in [0.1, 0.15) is 7.05 Å². The number of fused-ring (bicyclic) bond motifs is 5. The van der Waals surface area contributed by atoms with Crippen molar-refractivity contribution in [2.75, 3.05) is 0 Å². The smallest absolute Gasteiger partial charge is 0.200 e. The van der Waals surface area contributed by atoms with Crippen molar-refractivity contribution in [3.05, 3.63) is 102 Å². The molecule has 0 unspecified atom stereocenters. The second kappa shape index (κ2) is 7.19. The number of hydrogen-bond acceptors (Lipinski definition) is 1. The van der Waals surface area contributed by atoms with Gasteiger partial charge in [0.15, 0.2) is 6.20 Å². The fourth-order valence-corrected chi connectivity index (χ4v) is 7.05. The molecule has 0 amide bonds. The van der Waals surface area contributed by atoms with E-state index in [1.807, 2.05) is 11.8 Å². The SMILES string of the molecule is Cc1c2c(c(C)c3ccccc13)-c1c3c(cc4ccc(-c5ccccc5)cc4c3cc[n+]1C)S2. The van der Waals surface area contributed by atoms with Crippen LogP contribution in [0.2, 0.25) is 0 Å². The van der Waals surface area contributed by atoms with Crippen molar-refractivity contribution in [2.45, 2.75) is 23.6 Å². The number of aromatic nitrogens is 1. The lowest BCUT2D eigenvalue weighted by molar-refractivity contribution is -0.659. The van der Waals surface area contributed by atoms with E-state index < -0.39 is 0 Å². The molecule has 162 valence electrons. The second-order valence-electron chi connectivity index (χ2n) is 9.34. The summed E-state index contributed by atoms with van der Waals surface area (Å²) >= 11 is 1.94. The van der Waals surface area contributed by atoms with Crippen LogP contribution < -0.4 is 4.57 Å². The molecule has 0 aliphatic carbocycles. The van der Waals surface area contributed by atoms with Crippen molar-refractivity contribution in [1.82, 2.24) is 0 Å².